The van der Waals surface area contributed by atoms with Crippen molar-refractivity contribution in [2.24, 2.45) is 5.92 Å². The lowest BCUT2D eigenvalue weighted by Gasteiger charge is -2.35. The summed E-state index contributed by atoms with van der Waals surface area (Å²) in [7, 11) is 2.26. The van der Waals surface area contributed by atoms with Crippen molar-refractivity contribution in [3.05, 3.63) is 23.7 Å². The molecular weight excluding hydrogens is 248 g/mol. The molecule has 110 valence electrons. The summed E-state index contributed by atoms with van der Waals surface area (Å²) in [4.78, 5) is 2.51. The summed E-state index contributed by atoms with van der Waals surface area (Å²) in [6.45, 7) is 3.27. The molecule has 1 aliphatic carbocycles. The van der Waals surface area contributed by atoms with Crippen LogP contribution in [0.4, 0.5) is 0 Å². The van der Waals surface area contributed by atoms with E-state index in [4.69, 9.17) is 4.42 Å². The second-order valence-corrected chi connectivity index (χ2v) is 7.30. The topological polar surface area (TPSA) is 28.4 Å². The van der Waals surface area contributed by atoms with E-state index in [1.165, 1.54) is 37.9 Å². The van der Waals surface area contributed by atoms with Crippen LogP contribution in [0.25, 0.3) is 0 Å². The molecule has 0 radical (unpaired) electrons. The van der Waals surface area contributed by atoms with E-state index in [2.05, 4.69) is 36.3 Å². The van der Waals surface area contributed by atoms with Gasteiger partial charge in [0.15, 0.2) is 0 Å². The number of furan rings is 1. The third-order valence-electron chi connectivity index (χ3n) is 5.63. The largest absolute Gasteiger partial charge is 0.464 e. The highest BCUT2D eigenvalue weighted by Gasteiger charge is 2.37. The summed E-state index contributed by atoms with van der Waals surface area (Å²) < 4.78 is 6.05. The minimum atomic E-state index is 0.698. The van der Waals surface area contributed by atoms with Crippen molar-refractivity contribution in [2.45, 2.75) is 69.6 Å². The molecule has 1 saturated carbocycles. The monoisotopic (exact) mass is 274 g/mol. The quantitative estimate of drug-likeness (QED) is 0.914. The second-order valence-electron chi connectivity index (χ2n) is 7.30. The van der Waals surface area contributed by atoms with Crippen LogP contribution >= 0.6 is 0 Å². The molecule has 1 aromatic heterocycles. The van der Waals surface area contributed by atoms with Crippen LogP contribution in [0, 0.1) is 5.92 Å². The van der Waals surface area contributed by atoms with E-state index in [0.717, 1.165) is 36.3 Å². The summed E-state index contributed by atoms with van der Waals surface area (Å²) >= 11 is 0. The molecule has 2 bridgehead atoms. The van der Waals surface area contributed by atoms with Crippen molar-refractivity contribution in [3.63, 3.8) is 0 Å². The number of nitrogens with zero attached hydrogens (tertiary/aromatic N) is 1. The predicted molar refractivity (Wildman–Crippen MR) is 79.7 cm³/mol. The molecule has 1 aromatic rings. The minimum absolute atomic E-state index is 0.698. The zero-order chi connectivity index (χ0) is 13.7. The maximum atomic E-state index is 6.05. The van der Waals surface area contributed by atoms with Gasteiger partial charge in [-0.05, 0) is 57.2 Å². The van der Waals surface area contributed by atoms with E-state index in [1.54, 1.807) is 0 Å². The van der Waals surface area contributed by atoms with Crippen LogP contribution in [0.3, 0.4) is 0 Å². The molecule has 4 rings (SSSR count). The Morgan fingerprint density at radius 2 is 1.90 bits per heavy atom. The van der Waals surface area contributed by atoms with Crippen molar-refractivity contribution in [3.8, 4) is 0 Å². The van der Waals surface area contributed by atoms with Crippen LogP contribution in [-0.2, 0) is 6.54 Å². The fourth-order valence-corrected chi connectivity index (χ4v) is 4.16. The lowest BCUT2D eigenvalue weighted by Crippen LogP contribution is -2.46. The zero-order valence-corrected chi connectivity index (χ0v) is 12.6. The minimum Gasteiger partial charge on any atom is -0.464 e. The molecule has 2 saturated heterocycles. The molecule has 3 heterocycles. The van der Waals surface area contributed by atoms with Gasteiger partial charge in [-0.2, -0.15) is 0 Å². The molecule has 20 heavy (non-hydrogen) atoms. The Morgan fingerprint density at radius 1 is 1.20 bits per heavy atom. The third kappa shape index (κ3) is 2.42. The number of fused-ring (bicyclic) bond motifs is 2. The molecule has 1 N–H and O–H groups in total. The van der Waals surface area contributed by atoms with Gasteiger partial charge in [0.1, 0.15) is 11.5 Å². The standard InChI is InChI=1S/C17H26N2O/c1-11-7-16(11)17-6-5-15(20-17)10-19(2)14-8-12-3-4-13(9-14)18-12/h5-6,11-14,16,18H,3-4,7-10H2,1-2H3. The summed E-state index contributed by atoms with van der Waals surface area (Å²) in [6.07, 6.45) is 6.67. The predicted octanol–water partition coefficient (Wildman–Crippen LogP) is 3.12. The lowest BCUT2D eigenvalue weighted by molar-refractivity contribution is 0.155. The first-order chi connectivity index (χ1) is 9.69. The normalized spacial score (nSPS) is 39.5. The Bertz CT molecular complexity index is 471. The number of hydrogen-bond donors (Lipinski definition) is 1. The van der Waals surface area contributed by atoms with Gasteiger partial charge in [-0.15, -0.1) is 0 Å². The van der Waals surface area contributed by atoms with Gasteiger partial charge in [0, 0.05) is 24.0 Å². The second kappa shape index (κ2) is 4.88. The SMILES string of the molecule is CC1CC1c1ccc(CN(C)C2CC3CCC(C2)N3)o1. The molecule has 2 aliphatic heterocycles. The first-order valence-corrected chi connectivity index (χ1v) is 8.24. The van der Waals surface area contributed by atoms with E-state index >= 15 is 0 Å². The molecule has 3 nitrogen and oxygen atoms in total. The Kier molecular flexibility index (Phi) is 3.15. The molecule has 0 amide bonds. The highest BCUT2D eigenvalue weighted by Crippen LogP contribution is 2.47. The highest BCUT2D eigenvalue weighted by atomic mass is 16.3. The highest BCUT2D eigenvalue weighted by molar-refractivity contribution is 5.17. The van der Waals surface area contributed by atoms with Gasteiger partial charge in [-0.1, -0.05) is 6.92 Å². The summed E-state index contributed by atoms with van der Waals surface area (Å²) in [5.41, 5.74) is 0. The molecular formula is C17H26N2O. The van der Waals surface area contributed by atoms with E-state index in [1.807, 2.05) is 0 Å². The molecule has 4 unspecified atom stereocenters. The van der Waals surface area contributed by atoms with Crippen LogP contribution in [0.15, 0.2) is 16.5 Å². The fraction of sp³-hybridized carbons (Fsp3) is 0.765. The van der Waals surface area contributed by atoms with Gasteiger partial charge in [0.25, 0.3) is 0 Å². The van der Waals surface area contributed by atoms with E-state index in [0.29, 0.717) is 5.92 Å². The molecule has 3 heteroatoms. The van der Waals surface area contributed by atoms with Crippen LogP contribution in [0.1, 0.15) is 56.5 Å². The number of rotatable bonds is 4. The van der Waals surface area contributed by atoms with Crippen molar-refractivity contribution < 1.29 is 4.42 Å². The van der Waals surface area contributed by atoms with Gasteiger partial charge in [0.05, 0.1) is 6.54 Å². The van der Waals surface area contributed by atoms with Crippen LogP contribution < -0.4 is 5.32 Å². The Morgan fingerprint density at radius 3 is 2.55 bits per heavy atom. The molecule has 4 atom stereocenters. The maximum Gasteiger partial charge on any atom is 0.118 e. The third-order valence-corrected chi connectivity index (χ3v) is 5.63. The van der Waals surface area contributed by atoms with Gasteiger partial charge in [-0.3, -0.25) is 4.90 Å². The van der Waals surface area contributed by atoms with Crippen LogP contribution in [-0.4, -0.2) is 30.1 Å². The number of hydrogen-bond acceptors (Lipinski definition) is 3. The van der Waals surface area contributed by atoms with Crippen LogP contribution in [0.5, 0.6) is 0 Å². The molecule has 0 spiro atoms. The molecule has 0 aromatic carbocycles. The zero-order valence-electron chi connectivity index (χ0n) is 12.6. The lowest BCUT2D eigenvalue weighted by atomic mass is 9.98. The van der Waals surface area contributed by atoms with Crippen molar-refractivity contribution in [1.29, 1.82) is 0 Å². The van der Waals surface area contributed by atoms with E-state index < -0.39 is 0 Å². The first kappa shape index (κ1) is 12.9. The Hall–Kier alpha value is -0.800. The van der Waals surface area contributed by atoms with Gasteiger partial charge in [0.2, 0.25) is 0 Å². The fourth-order valence-electron chi connectivity index (χ4n) is 4.16. The summed E-state index contributed by atoms with van der Waals surface area (Å²) in [5, 5.41) is 3.72. The number of piperidine rings is 1. The number of nitrogens with one attached hydrogen (secondary N) is 1. The maximum absolute atomic E-state index is 6.05. The first-order valence-electron chi connectivity index (χ1n) is 8.24. The van der Waals surface area contributed by atoms with Gasteiger partial charge in [-0.25, -0.2) is 0 Å². The van der Waals surface area contributed by atoms with Crippen molar-refractivity contribution in [2.75, 3.05) is 7.05 Å². The Labute approximate surface area is 121 Å². The summed E-state index contributed by atoms with van der Waals surface area (Å²) in [5.74, 6) is 3.88. The molecule has 3 aliphatic rings. The summed E-state index contributed by atoms with van der Waals surface area (Å²) in [6, 6.07) is 6.64. The van der Waals surface area contributed by atoms with Crippen molar-refractivity contribution in [1.82, 2.24) is 10.2 Å². The average molecular weight is 274 g/mol. The van der Waals surface area contributed by atoms with Gasteiger partial charge < -0.3 is 9.73 Å². The van der Waals surface area contributed by atoms with Gasteiger partial charge >= 0.3 is 0 Å². The Balaban J connectivity index is 1.37. The van der Waals surface area contributed by atoms with E-state index in [-0.39, 0.29) is 0 Å². The van der Waals surface area contributed by atoms with Crippen molar-refractivity contribution >= 4 is 0 Å². The van der Waals surface area contributed by atoms with Crippen LogP contribution in [0.2, 0.25) is 0 Å². The molecule has 3 fully saturated rings. The van der Waals surface area contributed by atoms with E-state index in [9.17, 15) is 0 Å². The smallest absolute Gasteiger partial charge is 0.118 e. The average Bonchev–Trinajstić information content (AvgIpc) is 2.84.